The molecule has 0 spiro atoms. The predicted molar refractivity (Wildman–Crippen MR) is 65.5 cm³/mol. The Bertz CT molecular complexity index is 393. The molecule has 0 aliphatic heterocycles. The molecule has 0 radical (unpaired) electrons. The Morgan fingerprint density at radius 3 is 2.59 bits per heavy atom. The average molecular weight is 232 g/mol. The molecule has 0 fully saturated rings. The molecule has 0 amide bonds. The molecule has 0 N–H and O–H groups in total. The van der Waals surface area contributed by atoms with Crippen molar-refractivity contribution in [1.82, 2.24) is 0 Å². The lowest BCUT2D eigenvalue weighted by Gasteiger charge is -1.97. The van der Waals surface area contributed by atoms with Crippen molar-refractivity contribution < 1.29 is 14.3 Å². The molecular formula is C14H16O3. The molecule has 3 nitrogen and oxygen atoms in total. The number of ketones is 1. The SMILES string of the molecule is CCOC(=O)C(=O)/C=C/CCc1ccccc1. The number of carbonyl (C=O) groups is 2. The molecule has 90 valence electrons. The standard InChI is InChI=1S/C14H16O3/c1-2-17-14(16)13(15)11-7-6-10-12-8-4-3-5-9-12/h3-5,7-9,11H,2,6,10H2,1H3/b11-7+. The van der Waals surface area contributed by atoms with Gasteiger partial charge >= 0.3 is 5.97 Å². The molecule has 3 heteroatoms. The van der Waals surface area contributed by atoms with E-state index in [1.807, 2.05) is 30.3 Å². The molecule has 0 saturated carbocycles. The number of ether oxygens (including phenoxy) is 1. The van der Waals surface area contributed by atoms with E-state index in [1.54, 1.807) is 13.0 Å². The minimum absolute atomic E-state index is 0.225. The fourth-order valence-corrected chi connectivity index (χ4v) is 1.36. The number of rotatable bonds is 6. The predicted octanol–water partition coefficient (Wildman–Crippen LogP) is 2.31. The van der Waals surface area contributed by atoms with E-state index in [1.165, 1.54) is 11.6 Å². The van der Waals surface area contributed by atoms with Gasteiger partial charge < -0.3 is 4.74 Å². The molecule has 0 saturated heterocycles. The number of allylic oxidation sites excluding steroid dienone is 1. The van der Waals surface area contributed by atoms with Crippen LogP contribution in [0.25, 0.3) is 0 Å². The summed E-state index contributed by atoms with van der Waals surface area (Å²) >= 11 is 0. The van der Waals surface area contributed by atoms with Crippen LogP contribution >= 0.6 is 0 Å². The molecule has 1 rings (SSSR count). The highest BCUT2D eigenvalue weighted by atomic mass is 16.5. The molecule has 0 unspecified atom stereocenters. The molecular weight excluding hydrogens is 216 g/mol. The summed E-state index contributed by atoms with van der Waals surface area (Å²) in [5.41, 5.74) is 1.21. The molecule has 0 aliphatic carbocycles. The molecule has 0 aromatic heterocycles. The van der Waals surface area contributed by atoms with Gasteiger partial charge in [0.1, 0.15) is 0 Å². The van der Waals surface area contributed by atoms with Crippen molar-refractivity contribution in [1.29, 1.82) is 0 Å². The van der Waals surface area contributed by atoms with Gasteiger partial charge in [0.15, 0.2) is 0 Å². The van der Waals surface area contributed by atoms with Crippen LogP contribution in [0.4, 0.5) is 0 Å². The Hall–Kier alpha value is -1.90. The van der Waals surface area contributed by atoms with Crippen molar-refractivity contribution in [2.45, 2.75) is 19.8 Å². The van der Waals surface area contributed by atoms with Crippen molar-refractivity contribution in [2.24, 2.45) is 0 Å². The highest BCUT2D eigenvalue weighted by Gasteiger charge is 2.09. The Balaban J connectivity index is 2.31. The van der Waals surface area contributed by atoms with Crippen molar-refractivity contribution in [3.63, 3.8) is 0 Å². The van der Waals surface area contributed by atoms with Gasteiger partial charge in [0.25, 0.3) is 5.78 Å². The zero-order valence-electron chi connectivity index (χ0n) is 9.89. The minimum Gasteiger partial charge on any atom is -0.460 e. The smallest absolute Gasteiger partial charge is 0.378 e. The monoisotopic (exact) mass is 232 g/mol. The highest BCUT2D eigenvalue weighted by Crippen LogP contribution is 2.02. The lowest BCUT2D eigenvalue weighted by Crippen LogP contribution is -2.14. The zero-order chi connectivity index (χ0) is 12.5. The Morgan fingerprint density at radius 1 is 1.24 bits per heavy atom. The van der Waals surface area contributed by atoms with E-state index in [0.29, 0.717) is 0 Å². The Kier molecular flexibility index (Phi) is 5.72. The van der Waals surface area contributed by atoms with Gasteiger partial charge in [0.2, 0.25) is 0 Å². The Labute approximate surface area is 101 Å². The molecule has 1 aromatic carbocycles. The lowest BCUT2D eigenvalue weighted by atomic mass is 10.1. The van der Waals surface area contributed by atoms with Crippen molar-refractivity contribution in [3.05, 3.63) is 48.0 Å². The van der Waals surface area contributed by atoms with Crippen LogP contribution < -0.4 is 0 Å². The Morgan fingerprint density at radius 2 is 1.94 bits per heavy atom. The van der Waals surface area contributed by atoms with E-state index in [4.69, 9.17) is 0 Å². The summed E-state index contributed by atoms with van der Waals surface area (Å²) in [4.78, 5) is 22.2. The minimum atomic E-state index is -0.788. The maximum atomic E-state index is 11.2. The second-order valence-corrected chi connectivity index (χ2v) is 3.51. The molecule has 0 bridgehead atoms. The van der Waals surface area contributed by atoms with Gasteiger partial charge in [-0.15, -0.1) is 0 Å². The first-order valence-electron chi connectivity index (χ1n) is 5.65. The van der Waals surface area contributed by atoms with E-state index >= 15 is 0 Å². The van der Waals surface area contributed by atoms with Gasteiger partial charge in [-0.05, 0) is 31.4 Å². The number of hydrogen-bond donors (Lipinski definition) is 0. The largest absolute Gasteiger partial charge is 0.460 e. The molecule has 0 heterocycles. The quantitative estimate of drug-likeness (QED) is 0.429. The van der Waals surface area contributed by atoms with Crippen LogP contribution in [-0.2, 0) is 20.7 Å². The number of carbonyl (C=O) groups excluding carboxylic acids is 2. The van der Waals surface area contributed by atoms with Crippen LogP contribution in [0, 0.1) is 0 Å². The van der Waals surface area contributed by atoms with Crippen LogP contribution in [0.2, 0.25) is 0 Å². The molecule has 1 aromatic rings. The topological polar surface area (TPSA) is 43.4 Å². The van der Waals surface area contributed by atoms with Crippen LogP contribution in [0.15, 0.2) is 42.5 Å². The second-order valence-electron chi connectivity index (χ2n) is 3.51. The van der Waals surface area contributed by atoms with Gasteiger partial charge in [-0.2, -0.15) is 0 Å². The zero-order valence-corrected chi connectivity index (χ0v) is 9.89. The lowest BCUT2D eigenvalue weighted by molar-refractivity contribution is -0.151. The van der Waals surface area contributed by atoms with Gasteiger partial charge in [-0.1, -0.05) is 36.4 Å². The maximum absolute atomic E-state index is 11.2. The highest BCUT2D eigenvalue weighted by molar-refractivity contribution is 6.38. The van der Waals surface area contributed by atoms with E-state index in [-0.39, 0.29) is 6.61 Å². The van der Waals surface area contributed by atoms with Gasteiger partial charge in [-0.3, -0.25) is 4.79 Å². The number of aryl methyl sites for hydroxylation is 1. The van der Waals surface area contributed by atoms with Crippen molar-refractivity contribution in [3.8, 4) is 0 Å². The van der Waals surface area contributed by atoms with Gasteiger partial charge in [-0.25, -0.2) is 4.79 Å². The molecule has 17 heavy (non-hydrogen) atoms. The van der Waals surface area contributed by atoms with E-state index in [9.17, 15) is 9.59 Å². The van der Waals surface area contributed by atoms with Crippen LogP contribution in [0.1, 0.15) is 18.9 Å². The second kappa shape index (κ2) is 7.39. The first kappa shape index (κ1) is 13.2. The van der Waals surface area contributed by atoms with E-state index in [0.717, 1.165) is 12.8 Å². The fraction of sp³-hybridized carbons (Fsp3) is 0.286. The molecule has 0 aliphatic rings. The third kappa shape index (κ3) is 5.11. The normalized spacial score (nSPS) is 10.4. The van der Waals surface area contributed by atoms with Crippen LogP contribution in [0.5, 0.6) is 0 Å². The first-order chi connectivity index (χ1) is 8.24. The average Bonchev–Trinajstić information content (AvgIpc) is 2.36. The summed E-state index contributed by atoms with van der Waals surface area (Å²) in [6.07, 6.45) is 4.57. The summed E-state index contributed by atoms with van der Waals surface area (Å²) in [6.45, 7) is 1.90. The summed E-state index contributed by atoms with van der Waals surface area (Å²) in [5.74, 6) is -1.39. The number of hydrogen-bond acceptors (Lipinski definition) is 3. The van der Waals surface area contributed by atoms with Gasteiger partial charge in [0.05, 0.1) is 6.61 Å². The summed E-state index contributed by atoms with van der Waals surface area (Å²) in [6, 6.07) is 9.97. The van der Waals surface area contributed by atoms with E-state index in [2.05, 4.69) is 4.74 Å². The third-order valence-electron chi connectivity index (χ3n) is 2.19. The number of esters is 1. The fourth-order valence-electron chi connectivity index (χ4n) is 1.36. The van der Waals surface area contributed by atoms with Gasteiger partial charge in [0, 0.05) is 0 Å². The summed E-state index contributed by atoms with van der Waals surface area (Å²) in [7, 11) is 0. The summed E-state index contributed by atoms with van der Waals surface area (Å²) < 4.78 is 4.58. The first-order valence-corrected chi connectivity index (χ1v) is 5.65. The van der Waals surface area contributed by atoms with E-state index < -0.39 is 11.8 Å². The number of benzene rings is 1. The van der Waals surface area contributed by atoms with Crippen molar-refractivity contribution in [2.75, 3.05) is 6.61 Å². The summed E-state index contributed by atoms with van der Waals surface area (Å²) in [5, 5.41) is 0. The van der Waals surface area contributed by atoms with Crippen molar-refractivity contribution >= 4 is 11.8 Å². The molecule has 0 atom stereocenters. The van der Waals surface area contributed by atoms with Crippen LogP contribution in [-0.4, -0.2) is 18.4 Å². The maximum Gasteiger partial charge on any atom is 0.378 e. The third-order valence-corrected chi connectivity index (χ3v) is 2.19. The van der Waals surface area contributed by atoms with Crippen LogP contribution in [0.3, 0.4) is 0 Å².